The van der Waals surface area contributed by atoms with Crippen molar-refractivity contribution in [2.75, 3.05) is 13.1 Å². The molecule has 124 valence electrons. The monoisotopic (exact) mass is 363 g/mol. The highest BCUT2D eigenvalue weighted by Crippen LogP contribution is 2.28. The molecule has 1 heterocycles. The van der Waals surface area contributed by atoms with Crippen LogP contribution in [0.2, 0.25) is 0 Å². The molecule has 1 aromatic carbocycles. The number of fused-ring (bicyclic) bond motifs is 1. The zero-order valence-electron chi connectivity index (χ0n) is 12.6. The van der Waals surface area contributed by atoms with E-state index in [1.807, 2.05) is 6.07 Å². The largest absolute Gasteiger partial charge is 0.298 e. The van der Waals surface area contributed by atoms with Crippen LogP contribution in [-0.4, -0.2) is 26.4 Å². The third kappa shape index (κ3) is 4.38. The van der Waals surface area contributed by atoms with Crippen LogP contribution in [-0.2, 0) is 22.0 Å². The van der Waals surface area contributed by atoms with Crippen molar-refractivity contribution in [3.8, 4) is 0 Å². The summed E-state index contributed by atoms with van der Waals surface area (Å²) in [6.07, 6.45) is 7.81. The molecule has 1 aliphatic heterocycles. The van der Waals surface area contributed by atoms with Crippen LogP contribution in [0.5, 0.6) is 0 Å². The number of halogens is 2. The van der Waals surface area contributed by atoms with Crippen LogP contribution in [0.1, 0.15) is 43.2 Å². The summed E-state index contributed by atoms with van der Waals surface area (Å²) >= 11 is 0. The molecule has 1 aliphatic carbocycles. The van der Waals surface area contributed by atoms with Gasteiger partial charge in [0.15, 0.2) is 0 Å². The van der Waals surface area contributed by atoms with Gasteiger partial charge in [0, 0.05) is 30.3 Å². The first-order valence-corrected chi connectivity index (χ1v) is 10.1. The van der Waals surface area contributed by atoms with Crippen LogP contribution in [0, 0.1) is 5.92 Å². The molecule has 0 unspecified atom stereocenters. The molecule has 1 aromatic rings. The van der Waals surface area contributed by atoms with Crippen LogP contribution in [0.25, 0.3) is 0 Å². The Bertz CT molecular complexity index is 613. The van der Waals surface area contributed by atoms with Crippen LogP contribution in [0.3, 0.4) is 0 Å². The molecule has 0 radical (unpaired) electrons. The molecule has 6 heteroatoms. The van der Waals surface area contributed by atoms with E-state index in [4.69, 9.17) is 10.7 Å². The summed E-state index contributed by atoms with van der Waals surface area (Å²) < 4.78 is 22.9. The Labute approximate surface area is 143 Å². The minimum Gasteiger partial charge on any atom is -0.298 e. The van der Waals surface area contributed by atoms with Crippen molar-refractivity contribution in [3.05, 3.63) is 29.3 Å². The van der Waals surface area contributed by atoms with Gasteiger partial charge in [0.25, 0.3) is 9.05 Å². The Kier molecular flexibility index (Phi) is 6.17. The maximum Gasteiger partial charge on any atom is 0.261 e. The molecular formula is C16H23Cl2NO2S. The minimum atomic E-state index is -3.63. The van der Waals surface area contributed by atoms with Crippen molar-refractivity contribution in [2.45, 2.75) is 50.0 Å². The quantitative estimate of drug-likeness (QED) is 0.762. The van der Waals surface area contributed by atoms with Gasteiger partial charge in [-0.3, -0.25) is 4.90 Å². The molecule has 22 heavy (non-hydrogen) atoms. The average Bonchev–Trinajstić information content (AvgIpc) is 2.46. The Balaban J connectivity index is 0.00000176. The molecule has 2 aliphatic rings. The Hall–Kier alpha value is -0.290. The Morgan fingerprint density at radius 1 is 1.14 bits per heavy atom. The van der Waals surface area contributed by atoms with E-state index in [1.54, 1.807) is 12.1 Å². The zero-order valence-corrected chi connectivity index (χ0v) is 15.0. The second-order valence-electron chi connectivity index (χ2n) is 6.36. The molecule has 0 atom stereocenters. The molecule has 0 spiro atoms. The van der Waals surface area contributed by atoms with Gasteiger partial charge in [-0.05, 0) is 48.4 Å². The van der Waals surface area contributed by atoms with Crippen molar-refractivity contribution in [2.24, 2.45) is 5.92 Å². The first kappa shape index (κ1) is 18.1. The predicted octanol–water partition coefficient (Wildman–Crippen LogP) is 3.97. The first-order valence-electron chi connectivity index (χ1n) is 7.81. The smallest absolute Gasteiger partial charge is 0.261 e. The fraction of sp³-hybridized carbons (Fsp3) is 0.625. The normalized spacial score (nSPS) is 20.2. The lowest BCUT2D eigenvalue weighted by molar-refractivity contribution is 0.187. The van der Waals surface area contributed by atoms with Crippen LogP contribution >= 0.6 is 23.1 Å². The van der Waals surface area contributed by atoms with Crippen molar-refractivity contribution >= 4 is 32.1 Å². The van der Waals surface area contributed by atoms with E-state index in [-0.39, 0.29) is 17.3 Å². The highest BCUT2D eigenvalue weighted by molar-refractivity contribution is 8.13. The lowest BCUT2D eigenvalue weighted by Gasteiger charge is -2.33. The molecule has 0 N–H and O–H groups in total. The maximum atomic E-state index is 11.5. The van der Waals surface area contributed by atoms with Gasteiger partial charge in [-0.1, -0.05) is 25.3 Å². The number of nitrogens with zero attached hydrogens (tertiary/aromatic N) is 1. The van der Waals surface area contributed by atoms with Crippen molar-refractivity contribution < 1.29 is 8.42 Å². The number of rotatable bonds is 3. The van der Waals surface area contributed by atoms with Crippen LogP contribution in [0.4, 0.5) is 0 Å². The Morgan fingerprint density at radius 2 is 1.86 bits per heavy atom. The van der Waals surface area contributed by atoms with Gasteiger partial charge < -0.3 is 0 Å². The predicted molar refractivity (Wildman–Crippen MR) is 92.3 cm³/mol. The third-order valence-electron chi connectivity index (χ3n) is 4.79. The van der Waals surface area contributed by atoms with Gasteiger partial charge in [-0.25, -0.2) is 8.42 Å². The van der Waals surface area contributed by atoms with Crippen molar-refractivity contribution in [1.29, 1.82) is 0 Å². The second-order valence-corrected chi connectivity index (χ2v) is 8.92. The zero-order chi connectivity index (χ0) is 14.9. The minimum absolute atomic E-state index is 0. The highest BCUT2D eigenvalue weighted by atomic mass is 35.7. The van der Waals surface area contributed by atoms with E-state index >= 15 is 0 Å². The van der Waals surface area contributed by atoms with Gasteiger partial charge in [0.2, 0.25) is 0 Å². The molecule has 1 saturated carbocycles. The molecule has 0 saturated heterocycles. The third-order valence-corrected chi connectivity index (χ3v) is 6.14. The molecule has 0 bridgehead atoms. The molecule has 1 fully saturated rings. The van der Waals surface area contributed by atoms with Gasteiger partial charge in [-0.2, -0.15) is 0 Å². The summed E-state index contributed by atoms with van der Waals surface area (Å²) in [6, 6.07) is 5.30. The van der Waals surface area contributed by atoms with Crippen LogP contribution < -0.4 is 0 Å². The standard InChI is InChI=1S/C16H22ClNO2S.ClH/c17-21(19,20)16-7-6-14-8-9-18(12-15(14)10-16)11-13-4-2-1-3-5-13;/h6-7,10,13H,1-5,8-9,11-12H2;1H. The fourth-order valence-electron chi connectivity index (χ4n) is 3.63. The number of benzene rings is 1. The average molecular weight is 364 g/mol. The highest BCUT2D eigenvalue weighted by Gasteiger charge is 2.22. The maximum absolute atomic E-state index is 11.5. The van der Waals surface area contributed by atoms with E-state index in [9.17, 15) is 8.42 Å². The summed E-state index contributed by atoms with van der Waals surface area (Å²) in [5, 5.41) is 0. The number of hydrogen-bond acceptors (Lipinski definition) is 3. The fourth-order valence-corrected chi connectivity index (χ4v) is 4.44. The number of hydrogen-bond donors (Lipinski definition) is 0. The van der Waals surface area contributed by atoms with Gasteiger partial charge in [0.05, 0.1) is 4.90 Å². The van der Waals surface area contributed by atoms with E-state index in [2.05, 4.69) is 4.90 Å². The molecule has 0 aromatic heterocycles. The molecule has 0 amide bonds. The van der Waals surface area contributed by atoms with Gasteiger partial charge >= 0.3 is 0 Å². The van der Waals surface area contributed by atoms with E-state index in [0.717, 1.165) is 37.5 Å². The summed E-state index contributed by atoms with van der Waals surface area (Å²) in [5.41, 5.74) is 2.39. The molecule has 3 rings (SSSR count). The first-order chi connectivity index (χ1) is 10.0. The van der Waals surface area contributed by atoms with Crippen molar-refractivity contribution in [3.63, 3.8) is 0 Å². The molecular weight excluding hydrogens is 341 g/mol. The SMILES string of the molecule is Cl.O=S(=O)(Cl)c1ccc2c(c1)CN(CC1CCCCC1)CC2. The molecule has 3 nitrogen and oxygen atoms in total. The van der Waals surface area contributed by atoms with E-state index in [1.165, 1.54) is 37.7 Å². The lowest BCUT2D eigenvalue weighted by atomic mass is 9.88. The van der Waals surface area contributed by atoms with E-state index < -0.39 is 9.05 Å². The second kappa shape index (κ2) is 7.52. The lowest BCUT2D eigenvalue weighted by Crippen LogP contribution is -2.35. The van der Waals surface area contributed by atoms with Crippen molar-refractivity contribution in [1.82, 2.24) is 4.90 Å². The summed E-state index contributed by atoms with van der Waals surface area (Å²) in [6.45, 7) is 3.08. The summed E-state index contributed by atoms with van der Waals surface area (Å²) in [5.74, 6) is 0.820. The van der Waals surface area contributed by atoms with Gasteiger partial charge in [-0.15, -0.1) is 12.4 Å². The Morgan fingerprint density at radius 3 is 2.55 bits per heavy atom. The van der Waals surface area contributed by atoms with Gasteiger partial charge in [0.1, 0.15) is 0 Å². The van der Waals surface area contributed by atoms with E-state index in [0.29, 0.717) is 0 Å². The summed E-state index contributed by atoms with van der Waals surface area (Å²) in [4.78, 5) is 2.70. The topological polar surface area (TPSA) is 37.4 Å². The van der Waals surface area contributed by atoms with Crippen LogP contribution in [0.15, 0.2) is 23.1 Å². The summed E-state index contributed by atoms with van der Waals surface area (Å²) in [7, 11) is 1.82.